The number of benzene rings is 2. The van der Waals surface area contributed by atoms with Crippen molar-refractivity contribution in [2.24, 2.45) is 0 Å². The van der Waals surface area contributed by atoms with Crippen LogP contribution < -0.4 is 9.47 Å². The number of fused-ring (bicyclic) bond motifs is 2. The second-order valence-corrected chi connectivity index (χ2v) is 18.3. The number of sulfonamides is 1. The molecule has 208 valence electrons. The number of hydrogen-bond acceptors (Lipinski definition) is 8. The Morgan fingerprint density at radius 2 is 1.77 bits per heavy atom. The van der Waals surface area contributed by atoms with Crippen LogP contribution in [0, 0.1) is 10.1 Å². The van der Waals surface area contributed by atoms with Crippen molar-refractivity contribution in [1.82, 2.24) is 4.31 Å². The predicted molar refractivity (Wildman–Crippen MR) is 146 cm³/mol. The van der Waals surface area contributed by atoms with Crippen molar-refractivity contribution in [3.8, 4) is 11.5 Å². The number of nitro groups is 1. The third-order valence-electron chi connectivity index (χ3n) is 8.42. The molecule has 0 N–H and O–H groups in total. The molecule has 2 aromatic carbocycles. The normalized spacial score (nSPS) is 25.1. The molecule has 5 rings (SSSR count). The number of ketones is 1. The summed E-state index contributed by atoms with van der Waals surface area (Å²) in [5, 5.41) is 11.0. The highest BCUT2D eigenvalue weighted by Crippen LogP contribution is 2.49. The number of rotatable bonds is 6. The maximum Gasteiger partial charge on any atom is 0.269 e. The van der Waals surface area contributed by atoms with E-state index >= 15 is 0 Å². The number of carbonyl (C=O) groups excluding carboxylic acids is 1. The quantitative estimate of drug-likeness (QED) is 0.214. The highest BCUT2D eigenvalue weighted by molar-refractivity contribution is 7.89. The number of hydrogen-bond donors (Lipinski definition) is 0. The molecular formula is C27H32N2O8SSi. The third kappa shape index (κ3) is 4.48. The van der Waals surface area contributed by atoms with Gasteiger partial charge in [-0.2, -0.15) is 4.31 Å². The SMILES string of the molecule is CC(C)(C)[Si](C)(C)O[C@@H]1C=C[C@]2(c3ccc4c(c3)OCO4)C(=O)CN(S(=O)(=O)c3ccc([N+](=O)[O-])cc3)[C@@H]2C1. The summed E-state index contributed by atoms with van der Waals surface area (Å²) in [6.45, 7) is 10.4. The zero-order valence-electron chi connectivity index (χ0n) is 22.5. The second kappa shape index (κ2) is 9.25. The van der Waals surface area contributed by atoms with Gasteiger partial charge in [-0.1, -0.05) is 39.0 Å². The van der Waals surface area contributed by atoms with Crippen LogP contribution in [0.25, 0.3) is 0 Å². The van der Waals surface area contributed by atoms with Crippen molar-refractivity contribution >= 4 is 29.8 Å². The van der Waals surface area contributed by atoms with Crippen LogP contribution >= 0.6 is 0 Å². The number of ether oxygens (including phenoxy) is 2. The lowest BCUT2D eigenvalue weighted by atomic mass is 9.69. The topological polar surface area (TPSA) is 125 Å². The number of nitro benzene ring substituents is 1. The molecule has 2 aromatic rings. The van der Waals surface area contributed by atoms with Gasteiger partial charge in [0.2, 0.25) is 16.8 Å². The van der Waals surface area contributed by atoms with E-state index in [0.29, 0.717) is 17.1 Å². The summed E-state index contributed by atoms with van der Waals surface area (Å²) in [5.41, 5.74) is -0.850. The highest BCUT2D eigenvalue weighted by Gasteiger charge is 2.59. The van der Waals surface area contributed by atoms with E-state index in [9.17, 15) is 23.3 Å². The van der Waals surface area contributed by atoms with Crippen LogP contribution in [0.1, 0.15) is 32.8 Å². The number of Topliss-reactive ketones (excluding diaryl/α,β-unsaturated/α-hetero) is 1. The largest absolute Gasteiger partial charge is 0.454 e. The average molecular weight is 573 g/mol. The van der Waals surface area contributed by atoms with Crippen molar-refractivity contribution < 1.29 is 32.0 Å². The van der Waals surface area contributed by atoms with E-state index in [1.807, 2.05) is 6.08 Å². The first-order chi connectivity index (χ1) is 18.2. The van der Waals surface area contributed by atoms with E-state index < -0.39 is 40.8 Å². The molecule has 0 saturated carbocycles. The van der Waals surface area contributed by atoms with Crippen molar-refractivity contribution in [2.75, 3.05) is 13.3 Å². The van der Waals surface area contributed by atoms with Gasteiger partial charge in [0.15, 0.2) is 25.6 Å². The van der Waals surface area contributed by atoms with Crippen LogP contribution in [-0.4, -0.2) is 57.2 Å². The molecule has 0 unspecified atom stereocenters. The van der Waals surface area contributed by atoms with Gasteiger partial charge in [0.1, 0.15) is 0 Å². The molecule has 0 bridgehead atoms. The Labute approximate surface area is 228 Å². The lowest BCUT2D eigenvalue weighted by Crippen LogP contribution is -2.52. The van der Waals surface area contributed by atoms with Gasteiger partial charge in [0.05, 0.1) is 27.9 Å². The van der Waals surface area contributed by atoms with Gasteiger partial charge >= 0.3 is 0 Å². The molecule has 3 aliphatic rings. The maximum atomic E-state index is 13.9. The van der Waals surface area contributed by atoms with Gasteiger partial charge in [-0.15, -0.1) is 0 Å². The lowest BCUT2D eigenvalue weighted by Gasteiger charge is -2.44. The molecule has 1 fully saturated rings. The third-order valence-corrected chi connectivity index (χ3v) is 14.8. The van der Waals surface area contributed by atoms with Crippen LogP contribution in [0.3, 0.4) is 0 Å². The van der Waals surface area contributed by atoms with Gasteiger partial charge in [-0.05, 0) is 54.4 Å². The monoisotopic (exact) mass is 572 g/mol. The molecule has 2 aliphatic heterocycles. The number of nitrogens with zero attached hydrogens (tertiary/aromatic N) is 2. The number of carbonyl (C=O) groups is 1. The summed E-state index contributed by atoms with van der Waals surface area (Å²) < 4.78 is 46.8. The maximum absolute atomic E-state index is 13.9. The van der Waals surface area contributed by atoms with E-state index in [2.05, 4.69) is 33.9 Å². The minimum Gasteiger partial charge on any atom is -0.454 e. The van der Waals surface area contributed by atoms with E-state index in [1.54, 1.807) is 24.3 Å². The van der Waals surface area contributed by atoms with Crippen molar-refractivity contribution in [3.63, 3.8) is 0 Å². The molecule has 12 heteroatoms. The molecule has 1 aliphatic carbocycles. The van der Waals surface area contributed by atoms with Gasteiger partial charge in [-0.3, -0.25) is 14.9 Å². The summed E-state index contributed by atoms with van der Waals surface area (Å²) in [7, 11) is -6.41. The summed E-state index contributed by atoms with van der Waals surface area (Å²) >= 11 is 0. The molecule has 0 spiro atoms. The van der Waals surface area contributed by atoms with Gasteiger partial charge in [-0.25, -0.2) is 8.42 Å². The summed E-state index contributed by atoms with van der Waals surface area (Å²) in [6, 6.07) is 9.21. The van der Waals surface area contributed by atoms with E-state index in [1.165, 1.54) is 16.4 Å². The predicted octanol–water partition coefficient (Wildman–Crippen LogP) is 4.55. The van der Waals surface area contributed by atoms with Crippen molar-refractivity contribution in [1.29, 1.82) is 0 Å². The number of non-ortho nitro benzene ring substituents is 1. The fourth-order valence-electron chi connectivity index (χ4n) is 5.23. The zero-order valence-corrected chi connectivity index (χ0v) is 24.4. The zero-order chi connectivity index (χ0) is 28.4. The van der Waals surface area contributed by atoms with E-state index in [4.69, 9.17) is 13.9 Å². The molecule has 10 nitrogen and oxygen atoms in total. The molecular weight excluding hydrogens is 540 g/mol. The fraction of sp³-hybridized carbons (Fsp3) is 0.444. The van der Waals surface area contributed by atoms with E-state index in [0.717, 1.165) is 12.1 Å². The Kier molecular flexibility index (Phi) is 6.53. The average Bonchev–Trinajstić information content (AvgIpc) is 3.45. The van der Waals surface area contributed by atoms with Crippen LogP contribution in [-0.2, 0) is 24.7 Å². The van der Waals surface area contributed by atoms with Crippen molar-refractivity contribution in [2.45, 2.75) is 67.8 Å². The smallest absolute Gasteiger partial charge is 0.269 e. The molecule has 0 radical (unpaired) electrons. The van der Waals surface area contributed by atoms with Gasteiger partial charge in [0.25, 0.3) is 5.69 Å². The van der Waals surface area contributed by atoms with Gasteiger partial charge in [0, 0.05) is 18.2 Å². The van der Waals surface area contributed by atoms with Crippen LogP contribution in [0.15, 0.2) is 59.5 Å². The Bertz CT molecular complexity index is 1470. The van der Waals surface area contributed by atoms with Crippen LogP contribution in [0.4, 0.5) is 5.69 Å². The minimum absolute atomic E-state index is 0.0668. The molecule has 39 heavy (non-hydrogen) atoms. The summed E-state index contributed by atoms with van der Waals surface area (Å²) in [4.78, 5) is 24.3. The first-order valence-corrected chi connectivity index (χ1v) is 17.1. The molecule has 2 heterocycles. The highest BCUT2D eigenvalue weighted by atomic mass is 32.2. The molecule has 1 saturated heterocycles. The Hall–Kier alpha value is -3.06. The first-order valence-electron chi connectivity index (χ1n) is 12.7. The van der Waals surface area contributed by atoms with Crippen molar-refractivity contribution in [3.05, 3.63) is 70.3 Å². The molecule has 0 amide bonds. The van der Waals surface area contributed by atoms with E-state index in [-0.39, 0.29) is 41.2 Å². The second-order valence-electron chi connectivity index (χ2n) is 11.7. The summed E-state index contributed by atoms with van der Waals surface area (Å²) in [6.07, 6.45) is 3.57. The Morgan fingerprint density at radius 3 is 2.41 bits per heavy atom. The van der Waals surface area contributed by atoms with Crippen LogP contribution in [0.2, 0.25) is 18.1 Å². The van der Waals surface area contributed by atoms with Gasteiger partial charge < -0.3 is 13.9 Å². The minimum atomic E-state index is -4.18. The lowest BCUT2D eigenvalue weighted by molar-refractivity contribution is -0.384. The Morgan fingerprint density at radius 1 is 1.10 bits per heavy atom. The fourth-order valence-corrected chi connectivity index (χ4v) is 8.15. The van der Waals surface area contributed by atoms with Crippen LogP contribution in [0.5, 0.6) is 11.5 Å². The first kappa shape index (κ1) is 27.5. The standard InChI is InChI=1S/C27H32N2O8SSi/c1-26(2,3)39(4,5)37-20-12-13-27(18-6-11-22-23(14-18)36-17-35-22)24(15-20)28(16-25(27)30)38(33,34)21-9-7-19(8-10-21)29(31)32/h6-14,20,24H,15-17H2,1-5H3/t20-,24-,27-/m1/s1. The molecule has 0 aromatic heterocycles. The molecule has 3 atom stereocenters. The summed E-state index contributed by atoms with van der Waals surface area (Å²) in [5.74, 6) is 0.795. The Balaban J connectivity index is 1.59.